The van der Waals surface area contributed by atoms with E-state index in [0.717, 1.165) is 49.8 Å². The maximum absolute atomic E-state index is 5.48. The number of hydrogen-bond donors (Lipinski definition) is 1. The first kappa shape index (κ1) is 14.9. The first-order valence-corrected chi connectivity index (χ1v) is 8.93. The van der Waals surface area contributed by atoms with Crippen LogP contribution in [-0.2, 0) is 17.6 Å². The second-order valence-electron chi connectivity index (χ2n) is 5.83. The fourth-order valence-electron chi connectivity index (χ4n) is 3.06. The van der Waals surface area contributed by atoms with Crippen LogP contribution in [0.4, 0.5) is 5.69 Å². The summed E-state index contributed by atoms with van der Waals surface area (Å²) in [5.41, 5.74) is 4.16. The van der Waals surface area contributed by atoms with E-state index in [-0.39, 0.29) is 5.54 Å². The molecule has 1 fully saturated rings. The second-order valence-corrected chi connectivity index (χ2v) is 6.79. The Bertz CT molecular complexity index is 513. The Balaban J connectivity index is 1.82. The lowest BCUT2D eigenvalue weighted by Gasteiger charge is -2.29. The van der Waals surface area contributed by atoms with Crippen molar-refractivity contribution in [3.63, 3.8) is 0 Å². The van der Waals surface area contributed by atoms with E-state index in [4.69, 9.17) is 9.73 Å². The second kappa shape index (κ2) is 6.41. The van der Waals surface area contributed by atoms with Crippen LogP contribution >= 0.6 is 11.8 Å². The highest BCUT2D eigenvalue weighted by Crippen LogP contribution is 2.37. The van der Waals surface area contributed by atoms with E-state index in [0.29, 0.717) is 0 Å². The maximum Gasteiger partial charge on any atom is 0.161 e. The van der Waals surface area contributed by atoms with Crippen molar-refractivity contribution < 1.29 is 4.74 Å². The zero-order valence-corrected chi connectivity index (χ0v) is 13.8. The highest BCUT2D eigenvalue weighted by molar-refractivity contribution is 8.14. The van der Waals surface area contributed by atoms with E-state index < -0.39 is 0 Å². The van der Waals surface area contributed by atoms with Crippen LogP contribution in [0.15, 0.2) is 23.2 Å². The highest BCUT2D eigenvalue weighted by Gasteiger charge is 2.37. The van der Waals surface area contributed by atoms with Crippen molar-refractivity contribution in [1.29, 1.82) is 0 Å². The van der Waals surface area contributed by atoms with Crippen molar-refractivity contribution in [1.82, 2.24) is 0 Å². The van der Waals surface area contributed by atoms with Gasteiger partial charge in [0.05, 0.1) is 5.54 Å². The smallest absolute Gasteiger partial charge is 0.161 e. The molecule has 3 rings (SSSR count). The number of rotatable bonds is 3. The summed E-state index contributed by atoms with van der Waals surface area (Å²) in [4.78, 5) is 5.01. The Hall–Kier alpha value is -1.000. The summed E-state index contributed by atoms with van der Waals surface area (Å²) in [6.07, 6.45) is 4.21. The van der Waals surface area contributed by atoms with Crippen molar-refractivity contribution in [2.45, 2.75) is 45.1 Å². The number of amidine groups is 1. The van der Waals surface area contributed by atoms with Gasteiger partial charge in [-0.05, 0) is 36.8 Å². The summed E-state index contributed by atoms with van der Waals surface area (Å²) in [6, 6.07) is 6.59. The van der Waals surface area contributed by atoms with Crippen LogP contribution in [0, 0.1) is 0 Å². The number of nitrogens with one attached hydrogen (secondary N) is 1. The minimum Gasteiger partial charge on any atom is -0.381 e. The largest absolute Gasteiger partial charge is 0.381 e. The summed E-state index contributed by atoms with van der Waals surface area (Å²) in [7, 11) is 0. The quantitative estimate of drug-likeness (QED) is 0.920. The number of benzene rings is 1. The van der Waals surface area contributed by atoms with Crippen LogP contribution in [0.5, 0.6) is 0 Å². The number of aliphatic imine (C=N–C) groups is 1. The molecule has 0 radical (unpaired) electrons. The van der Waals surface area contributed by atoms with Crippen molar-refractivity contribution in [2.24, 2.45) is 4.99 Å². The Morgan fingerprint density at radius 3 is 2.48 bits per heavy atom. The van der Waals surface area contributed by atoms with Gasteiger partial charge in [0.1, 0.15) is 0 Å². The van der Waals surface area contributed by atoms with Crippen LogP contribution in [0.25, 0.3) is 0 Å². The average molecular weight is 304 g/mol. The highest BCUT2D eigenvalue weighted by atomic mass is 32.2. The van der Waals surface area contributed by atoms with Gasteiger partial charge in [-0.15, -0.1) is 0 Å². The molecule has 1 aromatic rings. The molecule has 0 atom stereocenters. The minimum atomic E-state index is 0.124. The molecule has 114 valence electrons. The van der Waals surface area contributed by atoms with Gasteiger partial charge in [0.2, 0.25) is 0 Å². The van der Waals surface area contributed by atoms with Gasteiger partial charge in [0.15, 0.2) is 5.17 Å². The number of ether oxygens (including phenoxy) is 1. The van der Waals surface area contributed by atoms with Crippen molar-refractivity contribution in [3.8, 4) is 0 Å². The van der Waals surface area contributed by atoms with E-state index in [2.05, 4.69) is 37.4 Å². The van der Waals surface area contributed by atoms with Crippen molar-refractivity contribution in [2.75, 3.05) is 24.3 Å². The molecular weight excluding hydrogens is 280 g/mol. The average Bonchev–Trinajstić information content (AvgIpc) is 2.90. The van der Waals surface area contributed by atoms with Gasteiger partial charge in [-0.1, -0.05) is 43.8 Å². The van der Waals surface area contributed by atoms with Crippen LogP contribution < -0.4 is 5.32 Å². The zero-order valence-electron chi connectivity index (χ0n) is 12.9. The molecule has 0 bridgehead atoms. The van der Waals surface area contributed by atoms with Gasteiger partial charge < -0.3 is 10.1 Å². The molecule has 1 saturated heterocycles. The Morgan fingerprint density at radius 1 is 1.19 bits per heavy atom. The molecular formula is C17H24N2OS. The first-order chi connectivity index (χ1) is 10.3. The molecule has 1 aromatic carbocycles. The van der Waals surface area contributed by atoms with E-state index in [1.807, 2.05) is 11.8 Å². The Labute approximate surface area is 131 Å². The minimum absolute atomic E-state index is 0.124. The van der Waals surface area contributed by atoms with Crippen molar-refractivity contribution >= 4 is 22.6 Å². The van der Waals surface area contributed by atoms with Gasteiger partial charge >= 0.3 is 0 Å². The number of para-hydroxylation sites is 1. The number of nitrogens with zero attached hydrogens (tertiary/aromatic N) is 1. The molecule has 21 heavy (non-hydrogen) atoms. The first-order valence-electron chi connectivity index (χ1n) is 7.94. The van der Waals surface area contributed by atoms with E-state index in [1.165, 1.54) is 16.8 Å². The third-order valence-electron chi connectivity index (χ3n) is 4.47. The van der Waals surface area contributed by atoms with Crippen LogP contribution in [0.3, 0.4) is 0 Å². The molecule has 0 aliphatic carbocycles. The van der Waals surface area contributed by atoms with E-state index in [9.17, 15) is 0 Å². The SMILES string of the molecule is CCc1cccc(CC)c1NC1=NC2(CCOCC2)CS1. The molecule has 4 heteroatoms. The monoisotopic (exact) mass is 304 g/mol. The molecule has 0 amide bonds. The number of thioether (sulfide) groups is 1. The third kappa shape index (κ3) is 3.11. The van der Waals surface area contributed by atoms with Gasteiger partial charge in [0, 0.05) is 24.7 Å². The van der Waals surface area contributed by atoms with Gasteiger partial charge in [-0.3, -0.25) is 4.99 Å². The fraction of sp³-hybridized carbons (Fsp3) is 0.588. The molecule has 0 unspecified atom stereocenters. The standard InChI is InChI=1S/C17H24N2OS/c1-3-13-6-5-7-14(4-2)15(13)18-16-19-17(12-21-16)8-10-20-11-9-17/h5-7H,3-4,8-12H2,1-2H3,(H,18,19). The molecule has 3 nitrogen and oxygen atoms in total. The number of hydrogen-bond acceptors (Lipinski definition) is 4. The predicted octanol–water partition coefficient (Wildman–Crippen LogP) is 3.88. The third-order valence-corrected chi connectivity index (χ3v) is 5.62. The van der Waals surface area contributed by atoms with Crippen LogP contribution in [0.2, 0.25) is 0 Å². The molecule has 2 heterocycles. The molecule has 2 aliphatic heterocycles. The molecule has 2 aliphatic rings. The molecule has 1 N–H and O–H groups in total. The van der Waals surface area contributed by atoms with Crippen LogP contribution in [-0.4, -0.2) is 29.7 Å². The Kier molecular flexibility index (Phi) is 4.55. The molecule has 0 aromatic heterocycles. The Morgan fingerprint density at radius 2 is 1.86 bits per heavy atom. The van der Waals surface area contributed by atoms with Crippen LogP contribution in [0.1, 0.15) is 37.8 Å². The van der Waals surface area contributed by atoms with Crippen molar-refractivity contribution in [3.05, 3.63) is 29.3 Å². The maximum atomic E-state index is 5.48. The molecule has 1 spiro atoms. The normalized spacial score (nSPS) is 20.6. The van der Waals surface area contributed by atoms with Gasteiger partial charge in [0.25, 0.3) is 0 Å². The zero-order chi connectivity index (χ0) is 14.7. The summed E-state index contributed by atoms with van der Waals surface area (Å²) >= 11 is 1.86. The fourth-order valence-corrected chi connectivity index (χ4v) is 4.26. The summed E-state index contributed by atoms with van der Waals surface area (Å²) < 4.78 is 5.48. The lowest BCUT2D eigenvalue weighted by Crippen LogP contribution is -2.34. The topological polar surface area (TPSA) is 33.6 Å². The number of anilines is 1. The lowest BCUT2D eigenvalue weighted by molar-refractivity contribution is 0.0624. The predicted molar refractivity (Wildman–Crippen MR) is 91.5 cm³/mol. The lowest BCUT2D eigenvalue weighted by atomic mass is 9.93. The van der Waals surface area contributed by atoms with E-state index >= 15 is 0 Å². The number of aryl methyl sites for hydroxylation is 2. The van der Waals surface area contributed by atoms with Gasteiger partial charge in [-0.2, -0.15) is 0 Å². The summed E-state index contributed by atoms with van der Waals surface area (Å²) in [6.45, 7) is 6.12. The molecule has 0 saturated carbocycles. The summed E-state index contributed by atoms with van der Waals surface area (Å²) in [5.74, 6) is 1.09. The summed E-state index contributed by atoms with van der Waals surface area (Å²) in [5, 5.41) is 4.71. The van der Waals surface area contributed by atoms with E-state index in [1.54, 1.807) is 0 Å². The van der Waals surface area contributed by atoms with Gasteiger partial charge in [-0.25, -0.2) is 0 Å².